The maximum atomic E-state index is 11.3. The zero-order valence-corrected chi connectivity index (χ0v) is 12.7. The van der Waals surface area contributed by atoms with Crippen molar-refractivity contribution in [3.05, 3.63) is 0 Å². The standard InChI is InChI=1S/C16H30N2O/c1-3-16(14-7-5-4-6-8-14)17-15-9-11-18(12-10-15)13(2)19/h14-17H,3-12H2,1-2H3. The Labute approximate surface area is 118 Å². The van der Waals surface area contributed by atoms with Crippen LogP contribution in [0.15, 0.2) is 0 Å². The van der Waals surface area contributed by atoms with Crippen molar-refractivity contribution in [3.63, 3.8) is 0 Å². The molecule has 1 saturated carbocycles. The van der Waals surface area contributed by atoms with Crippen LogP contribution >= 0.6 is 0 Å². The lowest BCUT2D eigenvalue weighted by atomic mass is 9.82. The van der Waals surface area contributed by atoms with Crippen LogP contribution in [0.3, 0.4) is 0 Å². The third-order valence-electron chi connectivity index (χ3n) is 5.05. The van der Waals surface area contributed by atoms with Gasteiger partial charge >= 0.3 is 0 Å². The predicted octanol–water partition coefficient (Wildman–Crippen LogP) is 2.95. The van der Waals surface area contributed by atoms with E-state index < -0.39 is 0 Å². The van der Waals surface area contributed by atoms with E-state index >= 15 is 0 Å². The van der Waals surface area contributed by atoms with E-state index in [4.69, 9.17) is 0 Å². The van der Waals surface area contributed by atoms with E-state index in [1.165, 1.54) is 38.5 Å². The molecule has 2 rings (SSSR count). The van der Waals surface area contributed by atoms with Crippen molar-refractivity contribution in [1.82, 2.24) is 10.2 Å². The van der Waals surface area contributed by atoms with Crippen LogP contribution in [0.4, 0.5) is 0 Å². The van der Waals surface area contributed by atoms with E-state index in [-0.39, 0.29) is 5.91 Å². The van der Waals surface area contributed by atoms with Gasteiger partial charge in [0.1, 0.15) is 0 Å². The van der Waals surface area contributed by atoms with Crippen molar-refractivity contribution in [1.29, 1.82) is 0 Å². The molecule has 0 bridgehead atoms. The zero-order valence-electron chi connectivity index (χ0n) is 12.7. The quantitative estimate of drug-likeness (QED) is 0.848. The molecular weight excluding hydrogens is 236 g/mol. The van der Waals surface area contributed by atoms with Gasteiger partial charge in [-0.2, -0.15) is 0 Å². The molecule has 0 aromatic rings. The van der Waals surface area contributed by atoms with Crippen LogP contribution < -0.4 is 5.32 Å². The van der Waals surface area contributed by atoms with Gasteiger partial charge in [0.15, 0.2) is 0 Å². The molecule has 110 valence electrons. The van der Waals surface area contributed by atoms with Gasteiger partial charge in [-0.15, -0.1) is 0 Å². The van der Waals surface area contributed by atoms with E-state index in [9.17, 15) is 4.79 Å². The summed E-state index contributed by atoms with van der Waals surface area (Å²) in [4.78, 5) is 13.3. The van der Waals surface area contributed by atoms with Crippen LogP contribution in [-0.4, -0.2) is 36.0 Å². The van der Waals surface area contributed by atoms with Gasteiger partial charge in [0.25, 0.3) is 0 Å². The van der Waals surface area contributed by atoms with Crippen molar-refractivity contribution < 1.29 is 4.79 Å². The van der Waals surface area contributed by atoms with Crippen molar-refractivity contribution in [3.8, 4) is 0 Å². The SMILES string of the molecule is CCC(NC1CCN(C(C)=O)CC1)C1CCCCC1. The van der Waals surface area contributed by atoms with Gasteiger partial charge in [-0.05, 0) is 38.0 Å². The highest BCUT2D eigenvalue weighted by atomic mass is 16.2. The molecule has 1 aliphatic heterocycles. The molecule has 1 amide bonds. The van der Waals surface area contributed by atoms with Crippen LogP contribution in [0.2, 0.25) is 0 Å². The monoisotopic (exact) mass is 266 g/mol. The van der Waals surface area contributed by atoms with E-state index in [2.05, 4.69) is 12.2 Å². The summed E-state index contributed by atoms with van der Waals surface area (Å²) in [6.07, 6.45) is 10.6. The Kier molecular flexibility index (Phi) is 5.68. The first kappa shape index (κ1) is 14.8. The molecule has 0 aromatic heterocycles. The first-order chi connectivity index (χ1) is 9.20. The molecule has 1 atom stereocenters. The molecule has 0 radical (unpaired) electrons. The molecule has 19 heavy (non-hydrogen) atoms. The van der Waals surface area contributed by atoms with Crippen LogP contribution in [0.5, 0.6) is 0 Å². The lowest BCUT2D eigenvalue weighted by Crippen LogP contribution is -2.49. The first-order valence-electron chi connectivity index (χ1n) is 8.22. The topological polar surface area (TPSA) is 32.3 Å². The smallest absolute Gasteiger partial charge is 0.219 e. The minimum absolute atomic E-state index is 0.234. The maximum absolute atomic E-state index is 11.3. The number of amides is 1. The number of hydrogen-bond donors (Lipinski definition) is 1. The molecule has 1 heterocycles. The molecule has 2 aliphatic rings. The summed E-state index contributed by atoms with van der Waals surface area (Å²) in [7, 11) is 0. The number of piperidine rings is 1. The average molecular weight is 266 g/mol. The minimum Gasteiger partial charge on any atom is -0.343 e. The molecule has 1 aliphatic carbocycles. The summed E-state index contributed by atoms with van der Waals surface area (Å²) < 4.78 is 0. The molecule has 0 spiro atoms. The number of nitrogens with one attached hydrogen (secondary N) is 1. The van der Waals surface area contributed by atoms with Crippen LogP contribution in [0.25, 0.3) is 0 Å². The van der Waals surface area contributed by atoms with Gasteiger partial charge in [-0.25, -0.2) is 0 Å². The Bertz CT molecular complexity index is 278. The summed E-state index contributed by atoms with van der Waals surface area (Å²) in [5.41, 5.74) is 0. The van der Waals surface area contributed by atoms with Crippen LogP contribution in [0, 0.1) is 5.92 Å². The molecule has 1 N–H and O–H groups in total. The van der Waals surface area contributed by atoms with Crippen molar-refractivity contribution >= 4 is 5.91 Å². The maximum Gasteiger partial charge on any atom is 0.219 e. The second-order valence-corrected chi connectivity index (χ2v) is 6.36. The third-order valence-corrected chi connectivity index (χ3v) is 5.05. The molecule has 3 nitrogen and oxygen atoms in total. The summed E-state index contributed by atoms with van der Waals surface area (Å²) in [6.45, 7) is 5.88. The van der Waals surface area contributed by atoms with Crippen LogP contribution in [0.1, 0.15) is 65.2 Å². The fourth-order valence-corrected chi connectivity index (χ4v) is 3.79. The molecule has 3 heteroatoms. The highest BCUT2D eigenvalue weighted by molar-refractivity contribution is 5.73. The predicted molar refractivity (Wildman–Crippen MR) is 79.1 cm³/mol. The van der Waals surface area contributed by atoms with Gasteiger partial charge in [0, 0.05) is 32.1 Å². The molecular formula is C16H30N2O. The normalized spacial score (nSPS) is 24.4. The summed E-state index contributed by atoms with van der Waals surface area (Å²) in [5, 5.41) is 3.90. The van der Waals surface area contributed by atoms with Crippen molar-refractivity contribution in [2.24, 2.45) is 5.92 Å². The Balaban J connectivity index is 1.77. The van der Waals surface area contributed by atoms with E-state index in [1.807, 2.05) is 4.90 Å². The van der Waals surface area contributed by atoms with E-state index in [0.29, 0.717) is 12.1 Å². The number of hydrogen-bond acceptors (Lipinski definition) is 2. The average Bonchev–Trinajstić information content (AvgIpc) is 2.46. The lowest BCUT2D eigenvalue weighted by Gasteiger charge is -2.37. The van der Waals surface area contributed by atoms with Gasteiger partial charge in [0.05, 0.1) is 0 Å². The Morgan fingerprint density at radius 2 is 1.79 bits per heavy atom. The first-order valence-corrected chi connectivity index (χ1v) is 8.22. The number of likely N-dealkylation sites (tertiary alicyclic amines) is 1. The second kappa shape index (κ2) is 7.28. The highest BCUT2D eigenvalue weighted by Gasteiger charge is 2.27. The number of nitrogens with zero attached hydrogens (tertiary/aromatic N) is 1. The lowest BCUT2D eigenvalue weighted by molar-refractivity contribution is -0.129. The summed E-state index contributed by atoms with van der Waals surface area (Å²) in [6, 6.07) is 1.33. The largest absolute Gasteiger partial charge is 0.343 e. The summed E-state index contributed by atoms with van der Waals surface area (Å²) in [5.74, 6) is 1.13. The van der Waals surface area contributed by atoms with Crippen molar-refractivity contribution in [2.45, 2.75) is 77.3 Å². The van der Waals surface area contributed by atoms with E-state index in [0.717, 1.165) is 31.8 Å². The molecule has 1 saturated heterocycles. The van der Waals surface area contributed by atoms with Gasteiger partial charge in [-0.1, -0.05) is 26.2 Å². The van der Waals surface area contributed by atoms with Gasteiger partial charge in [-0.3, -0.25) is 4.79 Å². The Morgan fingerprint density at radius 3 is 2.32 bits per heavy atom. The second-order valence-electron chi connectivity index (χ2n) is 6.36. The van der Waals surface area contributed by atoms with Crippen molar-refractivity contribution in [2.75, 3.05) is 13.1 Å². The molecule has 1 unspecified atom stereocenters. The fourth-order valence-electron chi connectivity index (χ4n) is 3.79. The summed E-state index contributed by atoms with van der Waals surface area (Å²) >= 11 is 0. The van der Waals surface area contributed by atoms with Gasteiger partial charge < -0.3 is 10.2 Å². The molecule has 0 aromatic carbocycles. The number of rotatable bonds is 4. The minimum atomic E-state index is 0.234. The molecule has 2 fully saturated rings. The Morgan fingerprint density at radius 1 is 1.16 bits per heavy atom. The third kappa shape index (κ3) is 4.20. The Hall–Kier alpha value is -0.570. The fraction of sp³-hybridized carbons (Fsp3) is 0.938. The van der Waals surface area contributed by atoms with Crippen LogP contribution in [-0.2, 0) is 4.79 Å². The van der Waals surface area contributed by atoms with E-state index in [1.54, 1.807) is 6.92 Å². The highest BCUT2D eigenvalue weighted by Crippen LogP contribution is 2.28. The zero-order chi connectivity index (χ0) is 13.7. The number of carbonyl (C=O) groups is 1. The number of carbonyl (C=O) groups excluding carboxylic acids is 1. The van der Waals surface area contributed by atoms with Gasteiger partial charge in [0.2, 0.25) is 5.91 Å².